The van der Waals surface area contributed by atoms with E-state index in [0.29, 0.717) is 5.95 Å². The third-order valence-corrected chi connectivity index (χ3v) is 5.81. The van der Waals surface area contributed by atoms with Gasteiger partial charge in [0.1, 0.15) is 5.82 Å². The summed E-state index contributed by atoms with van der Waals surface area (Å²) in [7, 11) is 0. The van der Waals surface area contributed by atoms with E-state index in [2.05, 4.69) is 69.7 Å². The van der Waals surface area contributed by atoms with Gasteiger partial charge in [0, 0.05) is 49.2 Å². The highest BCUT2D eigenvalue weighted by molar-refractivity contribution is 5.67. The smallest absolute Gasteiger partial charge is 0.229 e. The Bertz CT molecular complexity index is 943. The maximum absolute atomic E-state index is 4.83. The Morgan fingerprint density at radius 2 is 1.34 bits per heavy atom. The molecule has 2 saturated heterocycles. The molecule has 1 aromatic heterocycles. The number of rotatable bonds is 5. The minimum absolute atomic E-state index is 0.655. The van der Waals surface area contributed by atoms with Crippen LogP contribution in [0.1, 0.15) is 25.7 Å². The Labute approximate surface area is 172 Å². The third kappa shape index (κ3) is 4.04. The fourth-order valence-electron chi connectivity index (χ4n) is 4.22. The summed E-state index contributed by atoms with van der Waals surface area (Å²) in [6.07, 6.45) is 5.04. The fourth-order valence-corrected chi connectivity index (χ4v) is 4.22. The van der Waals surface area contributed by atoms with E-state index in [0.717, 1.165) is 48.9 Å². The quantitative estimate of drug-likeness (QED) is 0.663. The summed E-state index contributed by atoms with van der Waals surface area (Å²) >= 11 is 0. The zero-order valence-electron chi connectivity index (χ0n) is 16.7. The molecule has 2 aromatic carbocycles. The summed E-state index contributed by atoms with van der Waals surface area (Å²) in [5, 5.41) is 3.43. The van der Waals surface area contributed by atoms with Crippen LogP contribution in [0.5, 0.6) is 0 Å². The van der Waals surface area contributed by atoms with Crippen molar-refractivity contribution >= 4 is 23.1 Å². The van der Waals surface area contributed by atoms with E-state index < -0.39 is 0 Å². The van der Waals surface area contributed by atoms with Crippen molar-refractivity contribution < 1.29 is 0 Å². The van der Waals surface area contributed by atoms with Gasteiger partial charge in [0.25, 0.3) is 0 Å². The molecule has 5 nitrogen and oxygen atoms in total. The molecule has 2 aliphatic rings. The SMILES string of the molecule is c1ccc(-c2cc(N3CCCC3)nc(Nc3ccc(N4CCCC4)cc3)n2)cc1. The van der Waals surface area contributed by atoms with Crippen LogP contribution in [0.4, 0.5) is 23.1 Å². The van der Waals surface area contributed by atoms with Gasteiger partial charge in [-0.2, -0.15) is 4.98 Å². The topological polar surface area (TPSA) is 44.3 Å². The van der Waals surface area contributed by atoms with Crippen molar-refractivity contribution in [2.45, 2.75) is 25.7 Å². The highest BCUT2D eigenvalue weighted by Gasteiger charge is 2.17. The molecule has 148 valence electrons. The molecule has 0 radical (unpaired) electrons. The Balaban J connectivity index is 1.43. The van der Waals surface area contributed by atoms with E-state index in [-0.39, 0.29) is 0 Å². The van der Waals surface area contributed by atoms with Gasteiger partial charge >= 0.3 is 0 Å². The van der Waals surface area contributed by atoms with Crippen LogP contribution in [0, 0.1) is 0 Å². The van der Waals surface area contributed by atoms with Gasteiger partial charge in [0.05, 0.1) is 5.69 Å². The molecule has 5 rings (SSSR count). The molecule has 3 heterocycles. The minimum Gasteiger partial charge on any atom is -0.372 e. The van der Waals surface area contributed by atoms with E-state index in [1.165, 1.54) is 31.4 Å². The average Bonchev–Trinajstić information content (AvgIpc) is 3.49. The van der Waals surface area contributed by atoms with Gasteiger partial charge in [-0.1, -0.05) is 30.3 Å². The van der Waals surface area contributed by atoms with Crippen molar-refractivity contribution in [1.82, 2.24) is 9.97 Å². The van der Waals surface area contributed by atoms with Gasteiger partial charge < -0.3 is 15.1 Å². The second-order valence-corrected chi connectivity index (χ2v) is 7.86. The number of anilines is 4. The summed E-state index contributed by atoms with van der Waals surface area (Å²) in [6.45, 7) is 4.45. The number of nitrogens with one attached hydrogen (secondary N) is 1. The molecule has 0 saturated carbocycles. The number of nitrogens with zero attached hydrogens (tertiary/aromatic N) is 4. The second kappa shape index (κ2) is 8.11. The average molecular weight is 386 g/mol. The standard InChI is InChI=1S/C24H27N5/c1-2-8-19(9-3-1)22-18-23(29-16-6-7-17-29)27-24(26-22)25-20-10-12-21(13-11-20)28-14-4-5-15-28/h1-3,8-13,18H,4-7,14-17H2,(H,25,26,27). The summed E-state index contributed by atoms with van der Waals surface area (Å²) in [5.74, 6) is 1.66. The fraction of sp³-hybridized carbons (Fsp3) is 0.333. The predicted octanol–water partition coefficient (Wildman–Crippen LogP) is 5.09. The third-order valence-electron chi connectivity index (χ3n) is 5.81. The molecule has 0 atom stereocenters. The molecule has 3 aromatic rings. The first-order valence-electron chi connectivity index (χ1n) is 10.7. The van der Waals surface area contributed by atoms with Gasteiger partial charge in [-0.3, -0.25) is 0 Å². The second-order valence-electron chi connectivity index (χ2n) is 7.86. The first kappa shape index (κ1) is 18.0. The molecule has 2 aliphatic heterocycles. The molecule has 0 aliphatic carbocycles. The lowest BCUT2D eigenvalue weighted by atomic mass is 10.1. The molecule has 1 N–H and O–H groups in total. The van der Waals surface area contributed by atoms with E-state index in [4.69, 9.17) is 9.97 Å². The number of hydrogen-bond donors (Lipinski definition) is 1. The first-order valence-corrected chi connectivity index (χ1v) is 10.7. The van der Waals surface area contributed by atoms with Crippen molar-refractivity contribution in [1.29, 1.82) is 0 Å². The summed E-state index contributed by atoms with van der Waals surface area (Å²) < 4.78 is 0. The van der Waals surface area contributed by atoms with E-state index >= 15 is 0 Å². The van der Waals surface area contributed by atoms with Crippen molar-refractivity contribution in [2.24, 2.45) is 0 Å². The lowest BCUT2D eigenvalue weighted by Crippen LogP contribution is -2.19. The van der Waals surface area contributed by atoms with E-state index in [1.54, 1.807) is 0 Å². The summed E-state index contributed by atoms with van der Waals surface area (Å²) in [5.41, 5.74) is 4.39. The Kier molecular flexibility index (Phi) is 5.03. The van der Waals surface area contributed by atoms with Crippen molar-refractivity contribution in [3.63, 3.8) is 0 Å². The Hall–Kier alpha value is -3.08. The maximum Gasteiger partial charge on any atom is 0.229 e. The molecule has 0 unspecified atom stereocenters. The van der Waals surface area contributed by atoms with Gasteiger partial charge in [0.15, 0.2) is 0 Å². The molecule has 0 amide bonds. The normalized spacial score (nSPS) is 16.4. The van der Waals surface area contributed by atoms with Crippen LogP contribution in [0.15, 0.2) is 60.7 Å². The predicted molar refractivity (Wildman–Crippen MR) is 120 cm³/mol. The van der Waals surface area contributed by atoms with Crippen LogP contribution in [-0.2, 0) is 0 Å². The van der Waals surface area contributed by atoms with Crippen LogP contribution in [0.25, 0.3) is 11.3 Å². The molecular weight excluding hydrogens is 358 g/mol. The highest BCUT2D eigenvalue weighted by Crippen LogP contribution is 2.28. The molecule has 0 bridgehead atoms. The van der Waals surface area contributed by atoms with Gasteiger partial charge in [-0.15, -0.1) is 0 Å². The number of aromatic nitrogens is 2. The lowest BCUT2D eigenvalue weighted by molar-refractivity contribution is 0.931. The summed E-state index contributed by atoms with van der Waals surface area (Å²) in [6, 6.07) is 21.1. The first-order chi connectivity index (χ1) is 14.3. The van der Waals surface area contributed by atoms with Gasteiger partial charge in [0.2, 0.25) is 5.95 Å². The van der Waals surface area contributed by atoms with Gasteiger partial charge in [-0.05, 0) is 49.9 Å². The van der Waals surface area contributed by atoms with Crippen LogP contribution < -0.4 is 15.1 Å². The van der Waals surface area contributed by atoms with E-state index in [1.807, 2.05) is 6.07 Å². The van der Waals surface area contributed by atoms with Gasteiger partial charge in [-0.25, -0.2) is 4.98 Å². The largest absolute Gasteiger partial charge is 0.372 e. The van der Waals surface area contributed by atoms with Crippen LogP contribution in [0.2, 0.25) is 0 Å². The lowest BCUT2D eigenvalue weighted by Gasteiger charge is -2.19. The Morgan fingerprint density at radius 3 is 2.03 bits per heavy atom. The van der Waals surface area contributed by atoms with Crippen LogP contribution in [0.3, 0.4) is 0 Å². The van der Waals surface area contributed by atoms with Crippen molar-refractivity contribution in [3.8, 4) is 11.3 Å². The molecule has 29 heavy (non-hydrogen) atoms. The van der Waals surface area contributed by atoms with E-state index in [9.17, 15) is 0 Å². The molecular formula is C24H27N5. The monoisotopic (exact) mass is 385 g/mol. The Morgan fingerprint density at radius 1 is 0.690 bits per heavy atom. The maximum atomic E-state index is 4.83. The van der Waals surface area contributed by atoms with Crippen LogP contribution in [-0.4, -0.2) is 36.1 Å². The van der Waals surface area contributed by atoms with Crippen molar-refractivity contribution in [2.75, 3.05) is 41.3 Å². The molecule has 0 spiro atoms. The zero-order chi connectivity index (χ0) is 19.5. The zero-order valence-corrected chi connectivity index (χ0v) is 16.7. The molecule has 2 fully saturated rings. The molecule has 5 heteroatoms. The number of benzene rings is 2. The number of hydrogen-bond acceptors (Lipinski definition) is 5. The summed E-state index contributed by atoms with van der Waals surface area (Å²) in [4.78, 5) is 14.4. The van der Waals surface area contributed by atoms with Crippen molar-refractivity contribution in [3.05, 3.63) is 60.7 Å². The highest BCUT2D eigenvalue weighted by atomic mass is 15.2. The minimum atomic E-state index is 0.655. The van der Waals surface area contributed by atoms with Crippen LogP contribution >= 0.6 is 0 Å².